The van der Waals surface area contributed by atoms with Gasteiger partial charge in [0.25, 0.3) is 0 Å². The maximum atomic E-state index is 10.6. The number of amides is 1. The summed E-state index contributed by atoms with van der Waals surface area (Å²) in [6, 6.07) is 6.39. The molecule has 1 aromatic rings. The molecule has 2 aliphatic heterocycles. The van der Waals surface area contributed by atoms with Crippen molar-refractivity contribution in [3.8, 4) is 5.75 Å². The van der Waals surface area contributed by atoms with Crippen LogP contribution >= 0.6 is 0 Å². The lowest BCUT2D eigenvalue weighted by Gasteiger charge is -2.41. The first-order valence-electron chi connectivity index (χ1n) is 9.01. The van der Waals surface area contributed by atoms with Gasteiger partial charge < -0.3 is 10.1 Å². The normalized spacial score (nSPS) is 28.0. The van der Waals surface area contributed by atoms with Gasteiger partial charge >= 0.3 is 0 Å². The van der Waals surface area contributed by atoms with E-state index in [-0.39, 0.29) is 5.60 Å². The van der Waals surface area contributed by atoms with Crippen molar-refractivity contribution in [2.24, 2.45) is 16.9 Å². The molecule has 1 aliphatic carbocycles. The summed E-state index contributed by atoms with van der Waals surface area (Å²) in [5, 5.41) is 7.72. The minimum Gasteiger partial charge on any atom is -0.487 e. The molecule has 0 radical (unpaired) electrons. The topological polar surface area (TPSA) is 62.7 Å². The van der Waals surface area contributed by atoms with Crippen LogP contribution in [0.2, 0.25) is 0 Å². The quantitative estimate of drug-likeness (QED) is 0.506. The van der Waals surface area contributed by atoms with Gasteiger partial charge in [0, 0.05) is 5.92 Å². The van der Waals surface area contributed by atoms with Crippen LogP contribution in [0.15, 0.2) is 23.3 Å². The highest BCUT2D eigenvalue weighted by molar-refractivity contribution is 6.04. The minimum atomic E-state index is 0.0285. The van der Waals surface area contributed by atoms with Gasteiger partial charge in [0.15, 0.2) is 0 Å². The van der Waals surface area contributed by atoms with Crippen LogP contribution < -0.4 is 15.5 Å². The Morgan fingerprint density at radius 1 is 1.38 bits per heavy atom. The Morgan fingerprint density at radius 2 is 2.17 bits per heavy atom. The Kier molecular flexibility index (Phi) is 4.04. The van der Waals surface area contributed by atoms with Gasteiger partial charge in [0.1, 0.15) is 11.4 Å². The molecule has 1 spiro atoms. The van der Waals surface area contributed by atoms with E-state index in [4.69, 9.17) is 4.74 Å². The standard InChI is InChI=1S/C19H25N3O2/c1-13-10-16(13)18(22-21-12-23)15-2-3-17-14(11-15)4-5-19(24-17)6-8-20-9-7-19/h2-3,11-13,16,20H,4-10H2,1H3,(H,21,23)/b22-18-. The van der Waals surface area contributed by atoms with Crippen LogP contribution in [0.1, 0.15) is 43.7 Å². The van der Waals surface area contributed by atoms with Crippen LogP contribution in [0.4, 0.5) is 0 Å². The maximum Gasteiger partial charge on any atom is 0.227 e. The number of hydrogen-bond acceptors (Lipinski definition) is 4. The smallest absolute Gasteiger partial charge is 0.227 e. The monoisotopic (exact) mass is 327 g/mol. The Balaban J connectivity index is 1.58. The number of rotatable bonds is 4. The van der Waals surface area contributed by atoms with Crippen molar-refractivity contribution in [1.29, 1.82) is 0 Å². The molecule has 2 fully saturated rings. The molecule has 0 aromatic heterocycles. The molecule has 1 aromatic carbocycles. The molecule has 1 saturated heterocycles. The summed E-state index contributed by atoms with van der Waals surface area (Å²) in [5.74, 6) is 2.12. The average Bonchev–Trinajstić information content (AvgIpc) is 3.32. The van der Waals surface area contributed by atoms with Crippen molar-refractivity contribution in [2.75, 3.05) is 13.1 Å². The molecule has 128 valence electrons. The van der Waals surface area contributed by atoms with Crippen LogP contribution in [0.25, 0.3) is 0 Å². The van der Waals surface area contributed by atoms with Crippen molar-refractivity contribution >= 4 is 12.1 Å². The van der Waals surface area contributed by atoms with E-state index in [1.165, 1.54) is 5.56 Å². The largest absolute Gasteiger partial charge is 0.487 e. The zero-order chi connectivity index (χ0) is 16.6. The third-order valence-corrected chi connectivity index (χ3v) is 5.75. The summed E-state index contributed by atoms with van der Waals surface area (Å²) in [6.07, 6.45) is 6.09. The molecule has 0 bridgehead atoms. The van der Waals surface area contributed by atoms with E-state index < -0.39 is 0 Å². The van der Waals surface area contributed by atoms with E-state index >= 15 is 0 Å². The molecule has 2 atom stereocenters. The second-order valence-electron chi connectivity index (χ2n) is 7.42. The molecule has 1 saturated carbocycles. The molecular weight excluding hydrogens is 302 g/mol. The first-order valence-corrected chi connectivity index (χ1v) is 9.01. The van der Waals surface area contributed by atoms with Gasteiger partial charge in [-0.1, -0.05) is 6.92 Å². The lowest BCUT2D eigenvalue weighted by atomic mass is 9.83. The van der Waals surface area contributed by atoms with Crippen molar-refractivity contribution in [2.45, 2.75) is 44.6 Å². The zero-order valence-corrected chi connectivity index (χ0v) is 14.2. The third kappa shape index (κ3) is 2.93. The van der Waals surface area contributed by atoms with Crippen LogP contribution in [-0.2, 0) is 11.2 Å². The van der Waals surface area contributed by atoms with Gasteiger partial charge in [-0.3, -0.25) is 4.79 Å². The Labute approximate surface area is 142 Å². The Bertz CT molecular complexity index is 665. The van der Waals surface area contributed by atoms with E-state index in [2.05, 4.69) is 41.0 Å². The number of carbonyl (C=O) groups is 1. The summed E-state index contributed by atoms with van der Waals surface area (Å²) in [6.45, 7) is 4.31. The summed E-state index contributed by atoms with van der Waals surface area (Å²) in [4.78, 5) is 10.6. The molecule has 2 N–H and O–H groups in total. The van der Waals surface area contributed by atoms with Crippen LogP contribution in [0, 0.1) is 11.8 Å². The number of piperidine rings is 1. The number of hydrogen-bond donors (Lipinski definition) is 2. The zero-order valence-electron chi connectivity index (χ0n) is 14.2. The van der Waals surface area contributed by atoms with Gasteiger partial charge in [-0.15, -0.1) is 0 Å². The van der Waals surface area contributed by atoms with Crippen LogP contribution in [0.5, 0.6) is 5.75 Å². The minimum absolute atomic E-state index is 0.0285. The van der Waals surface area contributed by atoms with Gasteiger partial charge in [-0.2, -0.15) is 5.10 Å². The molecule has 24 heavy (non-hydrogen) atoms. The first kappa shape index (κ1) is 15.6. The molecule has 4 rings (SSSR count). The van der Waals surface area contributed by atoms with Gasteiger partial charge in [0.2, 0.25) is 6.41 Å². The van der Waals surface area contributed by atoms with E-state index in [1.54, 1.807) is 0 Å². The second kappa shape index (κ2) is 6.20. The average molecular weight is 327 g/mol. The van der Waals surface area contributed by atoms with Crippen LogP contribution in [0.3, 0.4) is 0 Å². The number of aryl methyl sites for hydroxylation is 1. The molecule has 5 heteroatoms. The maximum absolute atomic E-state index is 10.6. The summed E-state index contributed by atoms with van der Waals surface area (Å²) >= 11 is 0. The summed E-state index contributed by atoms with van der Waals surface area (Å²) < 4.78 is 6.42. The molecule has 2 unspecified atom stereocenters. The highest BCUT2D eigenvalue weighted by Crippen LogP contribution is 2.43. The first-order chi connectivity index (χ1) is 11.7. The highest BCUT2D eigenvalue weighted by atomic mass is 16.5. The summed E-state index contributed by atoms with van der Waals surface area (Å²) in [5.41, 5.74) is 5.89. The van der Waals surface area contributed by atoms with E-state index in [9.17, 15) is 4.79 Å². The second-order valence-corrected chi connectivity index (χ2v) is 7.42. The highest BCUT2D eigenvalue weighted by Gasteiger charge is 2.40. The molecular formula is C19H25N3O2. The fraction of sp³-hybridized carbons (Fsp3) is 0.579. The van der Waals surface area contributed by atoms with Gasteiger partial charge in [0.05, 0.1) is 5.71 Å². The SMILES string of the molecule is CC1CC1/C(=N\NC=O)c1ccc2c(c1)CCC1(CCNCC1)O2. The van der Waals surface area contributed by atoms with Crippen molar-refractivity contribution in [3.05, 3.63) is 29.3 Å². The number of nitrogens with zero attached hydrogens (tertiary/aromatic N) is 1. The van der Waals surface area contributed by atoms with E-state index in [1.807, 2.05) is 0 Å². The predicted octanol–water partition coefficient (Wildman–Crippen LogP) is 2.24. The van der Waals surface area contributed by atoms with E-state index in [0.29, 0.717) is 18.2 Å². The Morgan fingerprint density at radius 3 is 2.88 bits per heavy atom. The summed E-state index contributed by atoms with van der Waals surface area (Å²) in [7, 11) is 0. The lowest BCUT2D eigenvalue weighted by molar-refractivity contribution is -0.109. The van der Waals surface area contributed by atoms with Crippen molar-refractivity contribution < 1.29 is 9.53 Å². The number of nitrogens with one attached hydrogen (secondary N) is 2. The van der Waals surface area contributed by atoms with Crippen LogP contribution in [-0.4, -0.2) is 30.8 Å². The number of carbonyl (C=O) groups excluding carboxylic acids is 1. The van der Waals surface area contributed by atoms with E-state index in [0.717, 1.165) is 62.2 Å². The van der Waals surface area contributed by atoms with Gasteiger partial charge in [-0.25, -0.2) is 5.43 Å². The third-order valence-electron chi connectivity index (χ3n) is 5.75. The molecule has 1 amide bonds. The number of ether oxygens (including phenoxy) is 1. The fourth-order valence-electron chi connectivity index (χ4n) is 4.08. The van der Waals surface area contributed by atoms with Crippen molar-refractivity contribution in [3.63, 3.8) is 0 Å². The number of benzene rings is 1. The molecule has 3 aliphatic rings. The fourth-order valence-corrected chi connectivity index (χ4v) is 4.08. The predicted molar refractivity (Wildman–Crippen MR) is 93.2 cm³/mol. The molecule has 2 heterocycles. The number of hydrazone groups is 1. The Hall–Kier alpha value is -1.88. The van der Waals surface area contributed by atoms with Crippen molar-refractivity contribution in [1.82, 2.24) is 10.7 Å². The van der Waals surface area contributed by atoms with Gasteiger partial charge in [-0.05, 0) is 80.4 Å². The lowest BCUT2D eigenvalue weighted by Crippen LogP contribution is -2.48. The number of fused-ring (bicyclic) bond motifs is 1. The molecule has 5 nitrogen and oxygen atoms in total.